The maximum atomic E-state index is 11.5. The number of benzene rings is 1. The Hall–Kier alpha value is -3.44. The molecule has 0 heterocycles. The number of para-hydroxylation sites is 1. The lowest BCUT2D eigenvalue weighted by Crippen LogP contribution is -2.35. The number of aliphatic imine (C=N–C) groups is 1. The summed E-state index contributed by atoms with van der Waals surface area (Å²) >= 11 is 0. The van der Waals surface area contributed by atoms with Crippen LogP contribution in [0.2, 0.25) is 0 Å². The van der Waals surface area contributed by atoms with Gasteiger partial charge in [-0.05, 0) is 18.9 Å². The molecule has 0 unspecified atom stereocenters. The number of primary amides is 1. The molecular weight excluding hydrogens is 322 g/mol. The van der Waals surface area contributed by atoms with Crippen LogP contribution in [-0.4, -0.2) is 34.3 Å². The van der Waals surface area contributed by atoms with Crippen LogP contribution in [0.5, 0.6) is 0 Å². The van der Waals surface area contributed by atoms with Crippen molar-refractivity contribution < 1.29 is 14.6 Å². The number of carbonyl (C=O) groups excluding carboxylic acids is 1. The topological polar surface area (TPSA) is 206 Å². The number of hydrogen-bond donors (Lipinski definition) is 4. The van der Waals surface area contributed by atoms with E-state index in [1.54, 1.807) is 0 Å². The number of carbonyl (C=O) groups is 1. The number of nitrogens with zero attached hydrogens (tertiary/aromatic N) is 3. The Bertz CT molecular complexity index is 672. The van der Waals surface area contributed by atoms with Crippen LogP contribution in [0.3, 0.4) is 0 Å². The number of hydrogen-bond acceptors (Lipinski definition) is 7. The van der Waals surface area contributed by atoms with Crippen molar-refractivity contribution in [2.75, 3.05) is 11.9 Å². The third-order valence-corrected chi connectivity index (χ3v) is 3.01. The molecule has 7 N–H and O–H groups in total. The monoisotopic (exact) mass is 339 g/mol. The van der Waals surface area contributed by atoms with Crippen molar-refractivity contribution in [3.8, 4) is 0 Å². The van der Waals surface area contributed by atoms with E-state index < -0.39 is 33.2 Å². The Kier molecular flexibility index (Phi) is 6.40. The molecule has 0 aromatic heterocycles. The lowest BCUT2D eigenvalue weighted by Gasteiger charge is -2.16. The Balaban J connectivity index is 3.00. The van der Waals surface area contributed by atoms with Gasteiger partial charge < -0.3 is 22.5 Å². The van der Waals surface area contributed by atoms with Crippen molar-refractivity contribution >= 4 is 28.9 Å². The van der Waals surface area contributed by atoms with Crippen molar-refractivity contribution in [2.45, 2.75) is 18.9 Å². The molecule has 0 radical (unpaired) electrons. The second-order valence-electron chi connectivity index (χ2n) is 4.74. The molecule has 24 heavy (non-hydrogen) atoms. The third-order valence-electron chi connectivity index (χ3n) is 3.01. The van der Waals surface area contributed by atoms with E-state index in [1.165, 1.54) is 12.1 Å². The molecule has 0 spiro atoms. The molecule has 1 atom stereocenters. The van der Waals surface area contributed by atoms with Crippen LogP contribution in [0, 0.1) is 20.2 Å². The molecule has 12 heteroatoms. The van der Waals surface area contributed by atoms with Crippen LogP contribution >= 0.6 is 0 Å². The van der Waals surface area contributed by atoms with Gasteiger partial charge in [0.25, 0.3) is 0 Å². The maximum Gasteiger partial charge on any atom is 0.368 e. The van der Waals surface area contributed by atoms with E-state index in [9.17, 15) is 25.0 Å². The molecule has 0 saturated heterocycles. The SMILES string of the molecule is NC(=O)[C@@H](CCCN=C(N)N)Nc1cccc([N+](=O)[O-])c1[N+](=O)[O-]. The summed E-state index contributed by atoms with van der Waals surface area (Å²) in [5.41, 5.74) is 14.0. The molecule has 0 bridgehead atoms. The number of anilines is 1. The predicted molar refractivity (Wildman–Crippen MR) is 86.3 cm³/mol. The van der Waals surface area contributed by atoms with Gasteiger partial charge in [-0.1, -0.05) is 6.07 Å². The highest BCUT2D eigenvalue weighted by molar-refractivity contribution is 5.85. The first kappa shape index (κ1) is 18.6. The first-order valence-corrected chi connectivity index (χ1v) is 6.77. The van der Waals surface area contributed by atoms with Gasteiger partial charge in [0.1, 0.15) is 11.7 Å². The molecule has 12 nitrogen and oxygen atoms in total. The van der Waals surface area contributed by atoms with Gasteiger partial charge in [0.05, 0.1) is 9.85 Å². The average molecular weight is 339 g/mol. The fourth-order valence-electron chi connectivity index (χ4n) is 1.96. The summed E-state index contributed by atoms with van der Waals surface area (Å²) < 4.78 is 0. The largest absolute Gasteiger partial charge is 0.370 e. The number of nitrogens with two attached hydrogens (primary N) is 3. The van der Waals surface area contributed by atoms with Crippen LogP contribution in [0.4, 0.5) is 17.1 Å². The minimum atomic E-state index is -0.972. The smallest absolute Gasteiger partial charge is 0.368 e. The molecular formula is C12H17N7O5. The molecule has 0 aliphatic rings. The number of nitrogens with one attached hydrogen (secondary N) is 1. The minimum Gasteiger partial charge on any atom is -0.370 e. The van der Waals surface area contributed by atoms with Crippen LogP contribution in [0.1, 0.15) is 12.8 Å². The summed E-state index contributed by atoms with van der Waals surface area (Å²) in [6.45, 7) is 0.241. The summed E-state index contributed by atoms with van der Waals surface area (Å²) in [5.74, 6) is -0.867. The Labute approximate surface area is 136 Å². The van der Waals surface area contributed by atoms with Gasteiger partial charge >= 0.3 is 11.4 Å². The molecule has 1 aromatic carbocycles. The molecule has 130 valence electrons. The molecule has 1 amide bonds. The zero-order valence-corrected chi connectivity index (χ0v) is 12.5. The van der Waals surface area contributed by atoms with E-state index in [-0.39, 0.29) is 24.6 Å². The van der Waals surface area contributed by atoms with Crippen LogP contribution in [0.15, 0.2) is 23.2 Å². The second kappa shape index (κ2) is 8.26. The van der Waals surface area contributed by atoms with Crippen molar-refractivity contribution in [1.82, 2.24) is 0 Å². The Morgan fingerprint density at radius 2 is 1.88 bits per heavy atom. The summed E-state index contributed by atoms with van der Waals surface area (Å²) in [6, 6.07) is 2.56. The summed E-state index contributed by atoms with van der Waals surface area (Å²) in [7, 11) is 0. The highest BCUT2D eigenvalue weighted by Crippen LogP contribution is 2.34. The van der Waals surface area contributed by atoms with Crippen LogP contribution < -0.4 is 22.5 Å². The van der Waals surface area contributed by atoms with Gasteiger partial charge in [-0.15, -0.1) is 0 Å². The van der Waals surface area contributed by atoms with Crippen molar-refractivity contribution in [3.05, 3.63) is 38.4 Å². The van der Waals surface area contributed by atoms with E-state index in [2.05, 4.69) is 10.3 Å². The molecule has 1 aromatic rings. The molecule has 0 aliphatic carbocycles. The second-order valence-corrected chi connectivity index (χ2v) is 4.74. The zero-order chi connectivity index (χ0) is 18.3. The quantitative estimate of drug-likeness (QED) is 0.156. The number of guanidine groups is 1. The maximum absolute atomic E-state index is 11.5. The number of rotatable bonds is 9. The predicted octanol–water partition coefficient (Wildman–Crippen LogP) is -0.178. The third kappa shape index (κ3) is 5.08. The lowest BCUT2D eigenvalue weighted by molar-refractivity contribution is -0.421. The summed E-state index contributed by atoms with van der Waals surface area (Å²) in [6.07, 6.45) is 0.563. The van der Waals surface area contributed by atoms with E-state index in [1.807, 2.05) is 0 Å². The lowest BCUT2D eigenvalue weighted by atomic mass is 10.1. The number of nitro benzene ring substituents is 2. The minimum absolute atomic E-state index is 0.104. The van der Waals surface area contributed by atoms with E-state index in [4.69, 9.17) is 17.2 Å². The van der Waals surface area contributed by atoms with Gasteiger partial charge in [0.15, 0.2) is 5.96 Å². The van der Waals surface area contributed by atoms with Gasteiger partial charge in [0, 0.05) is 12.6 Å². The highest BCUT2D eigenvalue weighted by atomic mass is 16.6. The van der Waals surface area contributed by atoms with Gasteiger partial charge in [-0.2, -0.15) is 0 Å². The van der Waals surface area contributed by atoms with Crippen molar-refractivity contribution in [2.24, 2.45) is 22.2 Å². The van der Waals surface area contributed by atoms with Gasteiger partial charge in [0.2, 0.25) is 5.91 Å². The normalized spacial score (nSPS) is 11.3. The first-order chi connectivity index (χ1) is 11.2. The highest BCUT2D eigenvalue weighted by Gasteiger charge is 2.30. The average Bonchev–Trinajstić information content (AvgIpc) is 2.49. The summed E-state index contributed by atoms with van der Waals surface area (Å²) in [4.78, 5) is 35.5. The molecule has 0 fully saturated rings. The molecule has 0 saturated carbocycles. The fourth-order valence-corrected chi connectivity index (χ4v) is 1.96. The van der Waals surface area contributed by atoms with Crippen molar-refractivity contribution in [1.29, 1.82) is 0 Å². The van der Waals surface area contributed by atoms with Crippen LogP contribution in [-0.2, 0) is 4.79 Å². The van der Waals surface area contributed by atoms with Crippen LogP contribution in [0.25, 0.3) is 0 Å². The van der Waals surface area contributed by atoms with Crippen molar-refractivity contribution in [3.63, 3.8) is 0 Å². The van der Waals surface area contributed by atoms with E-state index >= 15 is 0 Å². The zero-order valence-electron chi connectivity index (χ0n) is 12.5. The Morgan fingerprint density at radius 1 is 1.21 bits per heavy atom. The number of amides is 1. The number of nitro groups is 2. The van der Waals surface area contributed by atoms with E-state index in [0.717, 1.165) is 6.07 Å². The van der Waals surface area contributed by atoms with E-state index in [0.29, 0.717) is 6.42 Å². The molecule has 0 aliphatic heterocycles. The standard InChI is InChI=1S/C12H17N7O5/c13-11(20)8(4-2-6-16-12(14)15)17-7-3-1-5-9(18(21)22)10(7)19(23)24/h1,3,5,8,17H,2,4,6H2,(H2,13,20)(H4,14,15,16)/t8-/m1/s1. The van der Waals surface area contributed by atoms with Gasteiger partial charge in [-0.25, -0.2) is 0 Å². The summed E-state index contributed by atoms with van der Waals surface area (Å²) in [5, 5.41) is 24.6. The Morgan fingerprint density at radius 3 is 2.38 bits per heavy atom. The molecule has 1 rings (SSSR count). The fraction of sp³-hybridized carbons (Fsp3) is 0.333. The van der Waals surface area contributed by atoms with Gasteiger partial charge in [-0.3, -0.25) is 30.0 Å². The first-order valence-electron chi connectivity index (χ1n) is 6.77.